The van der Waals surface area contributed by atoms with E-state index in [4.69, 9.17) is 5.73 Å². The molecule has 5 nitrogen and oxygen atoms in total. The van der Waals surface area contributed by atoms with Gasteiger partial charge in [-0.2, -0.15) is 0 Å². The number of fused-ring (bicyclic) bond motifs is 1. The zero-order valence-electron chi connectivity index (χ0n) is 9.91. The molecule has 0 aliphatic heterocycles. The maximum atomic E-state index is 11.6. The molecule has 0 fully saturated rings. The number of pyridine rings is 1. The topological polar surface area (TPSA) is 96.2 Å². The number of hydrogen-bond acceptors (Lipinski definition) is 3. The number of amides is 1. The molecule has 4 N–H and O–H groups in total. The molecule has 17 heavy (non-hydrogen) atoms. The van der Waals surface area contributed by atoms with Crippen molar-refractivity contribution in [1.82, 2.24) is 4.98 Å². The number of carbonyl (C=O) groups is 1. The van der Waals surface area contributed by atoms with Gasteiger partial charge in [-0.25, -0.2) is 0 Å². The lowest BCUT2D eigenvalue weighted by molar-refractivity contribution is 0.0967. The fourth-order valence-corrected chi connectivity index (χ4v) is 2.40. The van der Waals surface area contributed by atoms with Crippen LogP contribution in [0.5, 0.6) is 0 Å². The van der Waals surface area contributed by atoms with Crippen molar-refractivity contribution >= 4 is 5.91 Å². The number of H-pyrrole nitrogens is 1. The molecule has 1 aliphatic carbocycles. The summed E-state index contributed by atoms with van der Waals surface area (Å²) < 4.78 is 0. The van der Waals surface area contributed by atoms with Crippen LogP contribution in [0.3, 0.4) is 0 Å². The molecule has 1 aromatic rings. The van der Waals surface area contributed by atoms with Gasteiger partial charge in [0.25, 0.3) is 11.5 Å². The van der Waals surface area contributed by atoms with Gasteiger partial charge in [0.05, 0.1) is 6.10 Å². The number of aliphatic hydroxyl groups excluding tert-OH is 1. The van der Waals surface area contributed by atoms with Crippen LogP contribution in [0.1, 0.15) is 48.0 Å². The molecule has 1 unspecified atom stereocenters. The molecule has 1 heterocycles. The van der Waals surface area contributed by atoms with Gasteiger partial charge >= 0.3 is 0 Å². The Kier molecular flexibility index (Phi) is 2.58. The first-order valence-corrected chi connectivity index (χ1v) is 5.54. The van der Waals surface area contributed by atoms with Crippen molar-refractivity contribution in [3.05, 3.63) is 33.2 Å². The Morgan fingerprint density at radius 3 is 2.82 bits per heavy atom. The Morgan fingerprint density at radius 2 is 2.24 bits per heavy atom. The Hall–Kier alpha value is -1.62. The fourth-order valence-electron chi connectivity index (χ4n) is 2.40. The van der Waals surface area contributed by atoms with Crippen LogP contribution in [-0.4, -0.2) is 16.0 Å². The van der Waals surface area contributed by atoms with Crippen molar-refractivity contribution < 1.29 is 9.90 Å². The minimum Gasteiger partial charge on any atom is -0.388 e. The van der Waals surface area contributed by atoms with E-state index in [-0.39, 0.29) is 11.0 Å². The van der Waals surface area contributed by atoms with E-state index in [1.807, 2.05) is 13.8 Å². The lowest BCUT2D eigenvalue weighted by Crippen LogP contribution is -2.32. The van der Waals surface area contributed by atoms with Gasteiger partial charge in [-0.05, 0) is 24.3 Å². The predicted molar refractivity (Wildman–Crippen MR) is 62.6 cm³/mol. The average Bonchev–Trinajstić information content (AvgIpc) is 2.13. The van der Waals surface area contributed by atoms with Crippen molar-refractivity contribution in [2.75, 3.05) is 0 Å². The highest BCUT2D eigenvalue weighted by molar-refractivity contribution is 5.92. The molecule has 0 saturated carbocycles. The van der Waals surface area contributed by atoms with Crippen LogP contribution in [0, 0.1) is 5.41 Å². The minimum atomic E-state index is -0.772. The first kappa shape index (κ1) is 11.9. The molecule has 0 radical (unpaired) electrons. The summed E-state index contributed by atoms with van der Waals surface area (Å²) in [5.74, 6) is -0.772. The first-order valence-electron chi connectivity index (χ1n) is 5.54. The fraction of sp³-hybridized carbons (Fsp3) is 0.500. The minimum absolute atomic E-state index is 0.0659. The Balaban J connectivity index is 2.58. The van der Waals surface area contributed by atoms with Crippen LogP contribution in [0.25, 0.3) is 0 Å². The maximum Gasteiger partial charge on any atom is 0.261 e. The molecule has 1 aliphatic rings. The first-order chi connectivity index (χ1) is 7.80. The number of aromatic amines is 1. The second-order valence-electron chi connectivity index (χ2n) is 5.37. The van der Waals surface area contributed by atoms with Gasteiger partial charge < -0.3 is 15.8 Å². The smallest absolute Gasteiger partial charge is 0.261 e. The zero-order valence-corrected chi connectivity index (χ0v) is 9.91. The number of hydrogen-bond donors (Lipinski definition) is 3. The van der Waals surface area contributed by atoms with E-state index in [0.717, 1.165) is 0 Å². The molecule has 5 heteroatoms. The number of aliphatic hydroxyl groups is 1. The van der Waals surface area contributed by atoms with E-state index in [9.17, 15) is 14.7 Å². The largest absolute Gasteiger partial charge is 0.388 e. The summed E-state index contributed by atoms with van der Waals surface area (Å²) in [5.41, 5.74) is 5.77. The Morgan fingerprint density at radius 1 is 1.59 bits per heavy atom. The van der Waals surface area contributed by atoms with Gasteiger partial charge in [0.2, 0.25) is 0 Å². The quantitative estimate of drug-likeness (QED) is 0.661. The lowest BCUT2D eigenvalue weighted by Gasteiger charge is -2.34. The zero-order chi connectivity index (χ0) is 12.8. The van der Waals surface area contributed by atoms with E-state index < -0.39 is 17.6 Å². The number of carbonyl (C=O) groups excluding carboxylic acids is 1. The van der Waals surface area contributed by atoms with E-state index in [2.05, 4.69) is 4.98 Å². The normalized spacial score (nSPS) is 21.9. The van der Waals surface area contributed by atoms with Crippen LogP contribution in [0.2, 0.25) is 0 Å². The third kappa shape index (κ3) is 2.10. The van der Waals surface area contributed by atoms with E-state index >= 15 is 0 Å². The summed E-state index contributed by atoms with van der Waals surface area (Å²) >= 11 is 0. The lowest BCUT2D eigenvalue weighted by atomic mass is 9.74. The van der Waals surface area contributed by atoms with E-state index in [1.54, 1.807) is 0 Å². The van der Waals surface area contributed by atoms with Crippen molar-refractivity contribution in [2.24, 2.45) is 11.1 Å². The van der Waals surface area contributed by atoms with Gasteiger partial charge in [-0.3, -0.25) is 9.59 Å². The van der Waals surface area contributed by atoms with Gasteiger partial charge in [0.15, 0.2) is 0 Å². The van der Waals surface area contributed by atoms with Crippen LogP contribution in [-0.2, 0) is 6.42 Å². The third-order valence-corrected chi connectivity index (χ3v) is 3.18. The second-order valence-corrected chi connectivity index (χ2v) is 5.37. The van der Waals surface area contributed by atoms with Gasteiger partial charge in [-0.1, -0.05) is 13.8 Å². The summed E-state index contributed by atoms with van der Waals surface area (Å²) in [4.78, 5) is 25.3. The standard InChI is InChI=1S/C12H16N2O3/c1-12(2)4-8-6(9(15)5-12)3-7(10(13)16)11(17)14-8/h3,9,15H,4-5H2,1-2H3,(H2,13,16)(H,14,17). The van der Waals surface area contributed by atoms with Gasteiger partial charge in [0, 0.05) is 11.3 Å². The van der Waals surface area contributed by atoms with Crippen LogP contribution in [0.4, 0.5) is 0 Å². The summed E-state index contributed by atoms with van der Waals surface area (Å²) in [5, 5.41) is 10.0. The second kappa shape index (κ2) is 3.70. The molecule has 0 aromatic carbocycles. The van der Waals surface area contributed by atoms with Crippen molar-refractivity contribution in [2.45, 2.75) is 32.8 Å². The summed E-state index contributed by atoms with van der Waals surface area (Å²) in [7, 11) is 0. The molecule has 2 rings (SSSR count). The molecular weight excluding hydrogens is 220 g/mol. The molecule has 1 amide bonds. The van der Waals surface area contributed by atoms with Crippen molar-refractivity contribution in [1.29, 1.82) is 0 Å². The summed E-state index contributed by atoms with van der Waals surface area (Å²) in [6.45, 7) is 4.05. The maximum absolute atomic E-state index is 11.6. The molecule has 1 atom stereocenters. The van der Waals surface area contributed by atoms with Crippen LogP contribution in [0.15, 0.2) is 10.9 Å². The number of nitrogens with two attached hydrogens (primary N) is 1. The number of nitrogens with one attached hydrogen (secondary N) is 1. The average molecular weight is 236 g/mol. The molecule has 0 bridgehead atoms. The predicted octanol–water partition coefficient (Wildman–Crippen LogP) is 0.480. The molecule has 0 spiro atoms. The molecule has 0 saturated heterocycles. The highest BCUT2D eigenvalue weighted by Crippen LogP contribution is 2.39. The van der Waals surface area contributed by atoms with Gasteiger partial charge in [0.1, 0.15) is 5.56 Å². The Labute approximate surface area is 98.7 Å². The summed E-state index contributed by atoms with van der Waals surface area (Å²) in [6.07, 6.45) is 0.612. The monoisotopic (exact) mass is 236 g/mol. The molecule has 1 aromatic heterocycles. The third-order valence-electron chi connectivity index (χ3n) is 3.18. The molecule has 92 valence electrons. The van der Waals surface area contributed by atoms with Gasteiger partial charge in [-0.15, -0.1) is 0 Å². The van der Waals surface area contributed by atoms with E-state index in [1.165, 1.54) is 6.07 Å². The number of primary amides is 1. The SMILES string of the molecule is CC1(C)Cc2[nH]c(=O)c(C(N)=O)cc2C(O)C1. The highest BCUT2D eigenvalue weighted by Gasteiger charge is 2.32. The highest BCUT2D eigenvalue weighted by atomic mass is 16.3. The Bertz CT molecular complexity index is 531. The number of aromatic nitrogens is 1. The van der Waals surface area contributed by atoms with Crippen LogP contribution < -0.4 is 11.3 Å². The van der Waals surface area contributed by atoms with E-state index in [0.29, 0.717) is 24.1 Å². The van der Waals surface area contributed by atoms with Crippen molar-refractivity contribution in [3.8, 4) is 0 Å². The number of rotatable bonds is 1. The molecular formula is C12H16N2O3. The van der Waals surface area contributed by atoms with Crippen LogP contribution >= 0.6 is 0 Å². The van der Waals surface area contributed by atoms with Crippen molar-refractivity contribution in [3.63, 3.8) is 0 Å². The summed E-state index contributed by atoms with van der Waals surface area (Å²) in [6, 6.07) is 1.41.